The number of nitro benzene ring substituents is 1. The standard InChI is InChI=1S/C14H22N2O2S/c1-4-14(15-11(2)8-9-19-3)12-6-5-7-13(10-12)16(17)18/h5-7,10-11,14-15H,4,8-9H2,1-3H3. The van der Waals surface area contributed by atoms with Crippen LogP contribution in [0.25, 0.3) is 0 Å². The Bertz CT molecular complexity index is 412. The molecule has 1 aromatic rings. The zero-order valence-corrected chi connectivity index (χ0v) is 12.6. The van der Waals surface area contributed by atoms with E-state index >= 15 is 0 Å². The summed E-state index contributed by atoms with van der Waals surface area (Å²) >= 11 is 1.84. The molecule has 0 fully saturated rings. The Balaban J connectivity index is 2.73. The van der Waals surface area contributed by atoms with Gasteiger partial charge in [0.25, 0.3) is 5.69 Å². The summed E-state index contributed by atoms with van der Waals surface area (Å²) in [4.78, 5) is 10.5. The van der Waals surface area contributed by atoms with Gasteiger partial charge in [0.1, 0.15) is 0 Å². The number of nitrogens with zero attached hydrogens (tertiary/aromatic N) is 1. The van der Waals surface area contributed by atoms with E-state index in [1.165, 1.54) is 6.07 Å². The molecule has 0 saturated heterocycles. The highest BCUT2D eigenvalue weighted by atomic mass is 32.2. The van der Waals surface area contributed by atoms with Crippen molar-refractivity contribution in [2.45, 2.75) is 38.8 Å². The number of hydrogen-bond acceptors (Lipinski definition) is 4. The molecule has 0 amide bonds. The second-order valence-corrected chi connectivity index (χ2v) is 5.65. The lowest BCUT2D eigenvalue weighted by atomic mass is 10.0. The van der Waals surface area contributed by atoms with E-state index in [4.69, 9.17) is 0 Å². The zero-order chi connectivity index (χ0) is 14.3. The summed E-state index contributed by atoms with van der Waals surface area (Å²) in [6.45, 7) is 4.26. The van der Waals surface area contributed by atoms with Gasteiger partial charge in [-0.15, -0.1) is 0 Å². The van der Waals surface area contributed by atoms with E-state index in [0.29, 0.717) is 6.04 Å². The predicted molar refractivity (Wildman–Crippen MR) is 81.7 cm³/mol. The van der Waals surface area contributed by atoms with Gasteiger partial charge in [0, 0.05) is 24.2 Å². The molecule has 0 heterocycles. The lowest BCUT2D eigenvalue weighted by Gasteiger charge is -2.22. The largest absolute Gasteiger partial charge is 0.307 e. The first-order chi connectivity index (χ1) is 9.08. The lowest BCUT2D eigenvalue weighted by Crippen LogP contribution is -2.30. The first-order valence-electron chi connectivity index (χ1n) is 6.57. The normalized spacial score (nSPS) is 14.1. The second-order valence-electron chi connectivity index (χ2n) is 4.66. The van der Waals surface area contributed by atoms with Crippen molar-refractivity contribution >= 4 is 17.4 Å². The summed E-state index contributed by atoms with van der Waals surface area (Å²) < 4.78 is 0. The van der Waals surface area contributed by atoms with Gasteiger partial charge in [-0.25, -0.2) is 0 Å². The molecule has 0 radical (unpaired) electrons. The van der Waals surface area contributed by atoms with E-state index in [1.54, 1.807) is 12.1 Å². The maximum absolute atomic E-state index is 10.8. The predicted octanol–water partition coefficient (Wildman–Crippen LogP) is 3.78. The molecular formula is C14H22N2O2S. The number of hydrogen-bond donors (Lipinski definition) is 1. The summed E-state index contributed by atoms with van der Waals surface area (Å²) in [5, 5.41) is 14.4. The molecule has 0 spiro atoms. The molecule has 1 aromatic carbocycles. The molecule has 1 N–H and O–H groups in total. The minimum Gasteiger partial charge on any atom is -0.307 e. The maximum atomic E-state index is 10.8. The fraction of sp³-hybridized carbons (Fsp3) is 0.571. The van der Waals surface area contributed by atoms with Crippen LogP contribution >= 0.6 is 11.8 Å². The SMILES string of the molecule is CCC(NC(C)CCSC)c1cccc([N+](=O)[O-])c1. The Morgan fingerprint density at radius 2 is 2.21 bits per heavy atom. The van der Waals surface area contributed by atoms with E-state index in [1.807, 2.05) is 17.8 Å². The highest BCUT2D eigenvalue weighted by molar-refractivity contribution is 7.98. The van der Waals surface area contributed by atoms with Crippen LogP contribution in [0.15, 0.2) is 24.3 Å². The minimum absolute atomic E-state index is 0.162. The first kappa shape index (κ1) is 16.0. The Morgan fingerprint density at radius 1 is 1.47 bits per heavy atom. The molecule has 0 aliphatic rings. The van der Waals surface area contributed by atoms with Crippen LogP contribution in [0, 0.1) is 10.1 Å². The summed E-state index contributed by atoms with van der Waals surface area (Å²) in [5.74, 6) is 1.12. The summed E-state index contributed by atoms with van der Waals surface area (Å²) in [6.07, 6.45) is 4.13. The van der Waals surface area contributed by atoms with Crippen LogP contribution in [-0.2, 0) is 0 Å². The van der Waals surface area contributed by atoms with Crippen molar-refractivity contribution in [1.82, 2.24) is 5.32 Å². The third-order valence-corrected chi connectivity index (χ3v) is 3.78. The molecular weight excluding hydrogens is 260 g/mol. The molecule has 0 aromatic heterocycles. The smallest absolute Gasteiger partial charge is 0.269 e. The third kappa shape index (κ3) is 5.20. The summed E-state index contributed by atoms with van der Waals surface area (Å²) in [7, 11) is 0. The Kier molecular flexibility index (Phi) is 6.87. The van der Waals surface area contributed by atoms with Gasteiger partial charge in [0.05, 0.1) is 4.92 Å². The number of benzene rings is 1. The van der Waals surface area contributed by atoms with Gasteiger partial charge in [-0.2, -0.15) is 11.8 Å². The quantitative estimate of drug-likeness (QED) is 0.582. The van der Waals surface area contributed by atoms with Gasteiger partial charge in [-0.05, 0) is 37.3 Å². The van der Waals surface area contributed by atoms with Crippen LogP contribution in [0.1, 0.15) is 38.3 Å². The average molecular weight is 282 g/mol. The van der Waals surface area contributed by atoms with Crippen molar-refractivity contribution in [3.05, 3.63) is 39.9 Å². The van der Waals surface area contributed by atoms with Crippen molar-refractivity contribution in [2.24, 2.45) is 0 Å². The highest BCUT2D eigenvalue weighted by Gasteiger charge is 2.15. The molecule has 2 unspecified atom stereocenters. The van der Waals surface area contributed by atoms with E-state index in [2.05, 4.69) is 25.4 Å². The molecule has 5 heteroatoms. The third-order valence-electron chi connectivity index (χ3n) is 3.13. The molecule has 0 bridgehead atoms. The number of nitrogens with one attached hydrogen (secondary N) is 1. The fourth-order valence-electron chi connectivity index (χ4n) is 2.03. The Morgan fingerprint density at radius 3 is 2.79 bits per heavy atom. The van der Waals surface area contributed by atoms with Crippen molar-refractivity contribution in [2.75, 3.05) is 12.0 Å². The van der Waals surface area contributed by atoms with Gasteiger partial charge >= 0.3 is 0 Å². The van der Waals surface area contributed by atoms with E-state index < -0.39 is 0 Å². The number of rotatable bonds is 8. The summed E-state index contributed by atoms with van der Waals surface area (Å²) in [5.41, 5.74) is 1.15. The number of non-ortho nitro benzene ring substituents is 1. The Hall–Kier alpha value is -1.07. The monoisotopic (exact) mass is 282 g/mol. The van der Waals surface area contributed by atoms with Gasteiger partial charge in [0.2, 0.25) is 0 Å². The lowest BCUT2D eigenvalue weighted by molar-refractivity contribution is -0.384. The van der Waals surface area contributed by atoms with Crippen LogP contribution in [0.4, 0.5) is 5.69 Å². The Labute approximate surface area is 119 Å². The number of nitro groups is 1. The molecule has 4 nitrogen and oxygen atoms in total. The minimum atomic E-state index is -0.340. The maximum Gasteiger partial charge on any atom is 0.269 e. The van der Waals surface area contributed by atoms with Crippen LogP contribution in [0.3, 0.4) is 0 Å². The zero-order valence-electron chi connectivity index (χ0n) is 11.8. The van der Waals surface area contributed by atoms with Crippen molar-refractivity contribution < 1.29 is 4.92 Å². The molecule has 0 aliphatic carbocycles. The molecule has 0 saturated carbocycles. The van der Waals surface area contributed by atoms with Gasteiger partial charge < -0.3 is 5.32 Å². The second kappa shape index (κ2) is 8.17. The molecule has 1 rings (SSSR count). The van der Waals surface area contributed by atoms with Crippen LogP contribution in [-0.4, -0.2) is 23.0 Å². The average Bonchev–Trinajstić information content (AvgIpc) is 2.42. The first-order valence-corrected chi connectivity index (χ1v) is 7.97. The molecule has 0 aliphatic heterocycles. The summed E-state index contributed by atoms with van der Waals surface area (Å²) in [6, 6.07) is 7.50. The van der Waals surface area contributed by atoms with Gasteiger partial charge in [-0.1, -0.05) is 19.1 Å². The van der Waals surface area contributed by atoms with Crippen LogP contribution < -0.4 is 5.32 Å². The molecule has 19 heavy (non-hydrogen) atoms. The topological polar surface area (TPSA) is 55.2 Å². The fourth-order valence-corrected chi connectivity index (χ4v) is 2.62. The van der Waals surface area contributed by atoms with Crippen molar-refractivity contribution in [3.8, 4) is 0 Å². The van der Waals surface area contributed by atoms with Crippen LogP contribution in [0.2, 0.25) is 0 Å². The molecule has 2 atom stereocenters. The van der Waals surface area contributed by atoms with E-state index in [0.717, 1.165) is 24.2 Å². The van der Waals surface area contributed by atoms with Crippen molar-refractivity contribution in [3.63, 3.8) is 0 Å². The highest BCUT2D eigenvalue weighted by Crippen LogP contribution is 2.22. The molecule has 106 valence electrons. The van der Waals surface area contributed by atoms with E-state index in [9.17, 15) is 10.1 Å². The van der Waals surface area contributed by atoms with Crippen LogP contribution in [0.5, 0.6) is 0 Å². The van der Waals surface area contributed by atoms with E-state index in [-0.39, 0.29) is 16.7 Å². The number of thioether (sulfide) groups is 1. The van der Waals surface area contributed by atoms with Crippen molar-refractivity contribution in [1.29, 1.82) is 0 Å². The van der Waals surface area contributed by atoms with Gasteiger partial charge in [-0.3, -0.25) is 10.1 Å². The van der Waals surface area contributed by atoms with Gasteiger partial charge in [0.15, 0.2) is 0 Å².